The van der Waals surface area contributed by atoms with E-state index in [4.69, 9.17) is 21.4 Å². The van der Waals surface area contributed by atoms with Crippen molar-refractivity contribution in [1.82, 2.24) is 9.97 Å². The van der Waals surface area contributed by atoms with Crippen LogP contribution in [0.25, 0.3) is 11.4 Å². The Hall–Kier alpha value is -2.14. The third kappa shape index (κ3) is 2.88. The standard InChI is InChI=1S/C14H13ClN2O3/c1-8(14(18)19)11-7-16-12(17-13(11)20-2)9-3-5-10(15)6-4-9/h3-8H,1-2H3,(H,18,19). The summed E-state index contributed by atoms with van der Waals surface area (Å²) >= 11 is 5.83. The lowest BCUT2D eigenvalue weighted by Crippen LogP contribution is -2.10. The number of hydrogen-bond acceptors (Lipinski definition) is 4. The summed E-state index contributed by atoms with van der Waals surface area (Å²) in [5, 5.41) is 9.67. The van der Waals surface area contributed by atoms with Crippen molar-refractivity contribution in [3.05, 3.63) is 41.0 Å². The minimum Gasteiger partial charge on any atom is -0.481 e. The molecule has 0 spiro atoms. The number of aliphatic carboxylic acids is 1. The maximum Gasteiger partial charge on any atom is 0.310 e. The van der Waals surface area contributed by atoms with Crippen LogP contribution in [0.4, 0.5) is 0 Å². The summed E-state index contributed by atoms with van der Waals surface area (Å²) in [6.07, 6.45) is 1.48. The van der Waals surface area contributed by atoms with Crippen LogP contribution in [0.3, 0.4) is 0 Å². The third-order valence-corrected chi connectivity index (χ3v) is 3.16. The van der Waals surface area contributed by atoms with Gasteiger partial charge in [-0.15, -0.1) is 0 Å². The molecule has 2 rings (SSSR count). The molecule has 0 saturated heterocycles. The largest absolute Gasteiger partial charge is 0.481 e. The van der Waals surface area contributed by atoms with Gasteiger partial charge < -0.3 is 9.84 Å². The Bertz CT molecular complexity index is 629. The van der Waals surface area contributed by atoms with Crippen LogP contribution in [0.5, 0.6) is 5.88 Å². The van der Waals surface area contributed by atoms with Crippen molar-refractivity contribution in [3.8, 4) is 17.3 Å². The highest BCUT2D eigenvalue weighted by Gasteiger charge is 2.20. The van der Waals surface area contributed by atoms with E-state index >= 15 is 0 Å². The van der Waals surface area contributed by atoms with Crippen LogP contribution in [0.1, 0.15) is 18.4 Å². The number of carboxylic acid groups (broad SMARTS) is 1. The van der Waals surface area contributed by atoms with Gasteiger partial charge in [0, 0.05) is 22.3 Å². The number of ether oxygens (including phenoxy) is 1. The highest BCUT2D eigenvalue weighted by Crippen LogP contribution is 2.27. The molecule has 0 saturated carbocycles. The third-order valence-electron chi connectivity index (χ3n) is 2.91. The van der Waals surface area contributed by atoms with E-state index in [1.54, 1.807) is 31.2 Å². The lowest BCUT2D eigenvalue weighted by molar-refractivity contribution is -0.138. The molecule has 6 heteroatoms. The highest BCUT2D eigenvalue weighted by molar-refractivity contribution is 6.30. The summed E-state index contributed by atoms with van der Waals surface area (Å²) in [6.45, 7) is 1.56. The van der Waals surface area contributed by atoms with E-state index in [1.807, 2.05) is 0 Å². The quantitative estimate of drug-likeness (QED) is 0.938. The summed E-state index contributed by atoms with van der Waals surface area (Å²) in [7, 11) is 1.45. The molecule has 0 amide bonds. The predicted molar refractivity (Wildman–Crippen MR) is 75.1 cm³/mol. The number of carbonyl (C=O) groups is 1. The topological polar surface area (TPSA) is 72.3 Å². The molecule has 0 aliphatic heterocycles. The summed E-state index contributed by atoms with van der Waals surface area (Å²) < 4.78 is 5.16. The molecule has 5 nitrogen and oxygen atoms in total. The maximum absolute atomic E-state index is 11.0. The van der Waals surface area contributed by atoms with Gasteiger partial charge in [0.05, 0.1) is 13.0 Å². The van der Waals surface area contributed by atoms with Gasteiger partial charge in [0.1, 0.15) is 0 Å². The van der Waals surface area contributed by atoms with Crippen molar-refractivity contribution in [2.45, 2.75) is 12.8 Å². The summed E-state index contributed by atoms with van der Waals surface area (Å²) in [4.78, 5) is 19.5. The van der Waals surface area contributed by atoms with Gasteiger partial charge in [-0.25, -0.2) is 4.98 Å². The molecule has 0 fully saturated rings. The van der Waals surface area contributed by atoms with Gasteiger partial charge in [0.25, 0.3) is 0 Å². The molecule has 1 unspecified atom stereocenters. The van der Waals surface area contributed by atoms with E-state index in [9.17, 15) is 4.79 Å². The Labute approximate surface area is 121 Å². The van der Waals surface area contributed by atoms with E-state index in [2.05, 4.69) is 9.97 Å². The highest BCUT2D eigenvalue weighted by atomic mass is 35.5. The summed E-state index contributed by atoms with van der Waals surface area (Å²) in [6, 6.07) is 7.05. The smallest absolute Gasteiger partial charge is 0.310 e. The van der Waals surface area contributed by atoms with Crippen molar-refractivity contribution < 1.29 is 14.6 Å². The van der Waals surface area contributed by atoms with E-state index in [1.165, 1.54) is 13.3 Å². The van der Waals surface area contributed by atoms with E-state index in [0.717, 1.165) is 5.56 Å². The molecule has 0 aliphatic carbocycles. The zero-order chi connectivity index (χ0) is 14.7. The van der Waals surface area contributed by atoms with Gasteiger partial charge in [0.2, 0.25) is 5.88 Å². The number of benzene rings is 1. The Kier molecular flexibility index (Phi) is 4.20. The number of nitrogens with zero attached hydrogens (tertiary/aromatic N) is 2. The molecule has 1 atom stereocenters. The first-order chi connectivity index (χ1) is 9.52. The van der Waals surface area contributed by atoms with Crippen LogP contribution in [0.2, 0.25) is 5.02 Å². The molecule has 104 valence electrons. The second-order valence-electron chi connectivity index (χ2n) is 4.23. The first kappa shape index (κ1) is 14.3. The molecule has 1 aromatic carbocycles. The molecule has 0 aliphatic rings. The van der Waals surface area contributed by atoms with Crippen LogP contribution in [0, 0.1) is 0 Å². The van der Waals surface area contributed by atoms with Crippen molar-refractivity contribution in [1.29, 1.82) is 0 Å². The van der Waals surface area contributed by atoms with Crippen LogP contribution < -0.4 is 4.74 Å². The summed E-state index contributed by atoms with van der Waals surface area (Å²) in [5.41, 5.74) is 1.22. The Morgan fingerprint density at radius 3 is 2.55 bits per heavy atom. The van der Waals surface area contributed by atoms with Crippen molar-refractivity contribution in [3.63, 3.8) is 0 Å². The SMILES string of the molecule is COc1nc(-c2ccc(Cl)cc2)ncc1C(C)C(=O)O. The van der Waals surface area contributed by atoms with Gasteiger partial charge in [-0.3, -0.25) is 4.79 Å². The van der Waals surface area contributed by atoms with Crippen LogP contribution in [-0.4, -0.2) is 28.2 Å². The van der Waals surface area contributed by atoms with Gasteiger partial charge in [-0.1, -0.05) is 11.6 Å². The summed E-state index contributed by atoms with van der Waals surface area (Å²) in [5.74, 6) is -0.963. The molecular formula is C14H13ClN2O3. The van der Waals surface area contributed by atoms with Gasteiger partial charge in [-0.05, 0) is 31.2 Å². The number of carboxylic acids is 1. The van der Waals surface area contributed by atoms with E-state index in [-0.39, 0.29) is 5.88 Å². The molecular weight excluding hydrogens is 280 g/mol. The fourth-order valence-electron chi connectivity index (χ4n) is 1.71. The molecule has 1 heterocycles. The first-order valence-corrected chi connectivity index (χ1v) is 6.30. The lowest BCUT2D eigenvalue weighted by atomic mass is 10.0. The normalized spacial score (nSPS) is 11.9. The number of hydrogen-bond donors (Lipinski definition) is 1. The van der Waals surface area contributed by atoms with Crippen LogP contribution in [-0.2, 0) is 4.79 Å². The average molecular weight is 293 g/mol. The van der Waals surface area contributed by atoms with Crippen molar-refractivity contribution >= 4 is 17.6 Å². The number of halogens is 1. The van der Waals surface area contributed by atoms with E-state index < -0.39 is 11.9 Å². The first-order valence-electron chi connectivity index (χ1n) is 5.92. The van der Waals surface area contributed by atoms with E-state index in [0.29, 0.717) is 16.4 Å². The number of aromatic nitrogens is 2. The molecule has 1 N–H and O–H groups in total. The molecule has 0 radical (unpaired) electrons. The monoisotopic (exact) mass is 292 g/mol. The zero-order valence-corrected chi connectivity index (χ0v) is 11.8. The van der Waals surface area contributed by atoms with Crippen LogP contribution in [0.15, 0.2) is 30.5 Å². The predicted octanol–water partition coefficient (Wildman–Crippen LogP) is 2.99. The molecule has 2 aromatic rings. The number of rotatable bonds is 4. The fraction of sp³-hybridized carbons (Fsp3) is 0.214. The molecule has 1 aromatic heterocycles. The fourth-order valence-corrected chi connectivity index (χ4v) is 1.83. The van der Waals surface area contributed by atoms with Gasteiger partial charge in [0.15, 0.2) is 5.82 Å². The van der Waals surface area contributed by atoms with Crippen molar-refractivity contribution in [2.24, 2.45) is 0 Å². The Balaban J connectivity index is 2.43. The zero-order valence-electron chi connectivity index (χ0n) is 11.0. The van der Waals surface area contributed by atoms with Gasteiger partial charge >= 0.3 is 5.97 Å². The second-order valence-corrected chi connectivity index (χ2v) is 4.66. The maximum atomic E-state index is 11.0. The second kappa shape index (κ2) is 5.88. The Morgan fingerprint density at radius 2 is 2.00 bits per heavy atom. The minimum absolute atomic E-state index is 0.264. The molecule has 20 heavy (non-hydrogen) atoms. The van der Waals surface area contributed by atoms with Gasteiger partial charge in [-0.2, -0.15) is 4.98 Å². The average Bonchev–Trinajstić information content (AvgIpc) is 2.46. The minimum atomic E-state index is -0.953. The number of methoxy groups -OCH3 is 1. The van der Waals surface area contributed by atoms with Crippen LogP contribution >= 0.6 is 11.6 Å². The lowest BCUT2D eigenvalue weighted by Gasteiger charge is -2.11. The van der Waals surface area contributed by atoms with Crippen molar-refractivity contribution in [2.75, 3.05) is 7.11 Å². The Morgan fingerprint density at radius 1 is 1.35 bits per heavy atom. The molecule has 0 bridgehead atoms.